The largest absolute Gasteiger partial charge is 0.316 e. The van der Waals surface area contributed by atoms with E-state index in [0.29, 0.717) is 23.1 Å². The number of nitrogens with zero attached hydrogens (tertiary/aromatic N) is 1. The second-order valence-corrected chi connectivity index (χ2v) is 9.52. The Morgan fingerprint density at radius 3 is 2.77 bits per heavy atom. The molecule has 4 amide bonds. The third kappa shape index (κ3) is 3.68. The lowest BCUT2D eigenvalue weighted by Crippen LogP contribution is -2.54. The average molecular weight is 425 g/mol. The molecule has 3 heterocycles. The minimum atomic E-state index is -0.927. The van der Waals surface area contributed by atoms with E-state index >= 15 is 0 Å². The van der Waals surface area contributed by atoms with E-state index in [1.54, 1.807) is 12.1 Å². The van der Waals surface area contributed by atoms with Crippen LogP contribution in [0.5, 0.6) is 0 Å². The summed E-state index contributed by atoms with van der Waals surface area (Å²) in [5.74, 6) is -1.09. The summed E-state index contributed by atoms with van der Waals surface area (Å²) < 4.78 is 0. The van der Waals surface area contributed by atoms with Gasteiger partial charge in [-0.15, -0.1) is 0 Å². The highest BCUT2D eigenvalue weighted by molar-refractivity contribution is 6.23. The summed E-state index contributed by atoms with van der Waals surface area (Å²) in [6.45, 7) is 3.74. The molecule has 0 spiro atoms. The van der Waals surface area contributed by atoms with E-state index in [1.165, 1.54) is 25.7 Å². The van der Waals surface area contributed by atoms with Crippen LogP contribution >= 0.6 is 0 Å². The number of hydrogen-bond donors (Lipinski definition) is 3. The van der Waals surface area contributed by atoms with Crippen molar-refractivity contribution in [3.63, 3.8) is 0 Å². The molecule has 8 heteroatoms. The van der Waals surface area contributed by atoms with E-state index in [-0.39, 0.29) is 18.7 Å². The molecule has 0 aromatic heterocycles. The summed E-state index contributed by atoms with van der Waals surface area (Å²) in [6, 6.07) is 4.37. The summed E-state index contributed by atoms with van der Waals surface area (Å²) in [5.41, 5.74) is 1.91. The van der Waals surface area contributed by atoms with Gasteiger partial charge in [0.25, 0.3) is 11.8 Å². The molecule has 3 unspecified atom stereocenters. The quantitative estimate of drug-likeness (QED) is 0.608. The van der Waals surface area contributed by atoms with Crippen LogP contribution in [-0.4, -0.2) is 54.2 Å². The fourth-order valence-corrected chi connectivity index (χ4v) is 5.78. The van der Waals surface area contributed by atoms with Crippen LogP contribution in [0.15, 0.2) is 18.2 Å². The van der Waals surface area contributed by atoms with E-state index in [4.69, 9.17) is 0 Å². The molecular weight excluding hydrogens is 396 g/mol. The van der Waals surface area contributed by atoms with Crippen molar-refractivity contribution in [1.82, 2.24) is 20.9 Å². The van der Waals surface area contributed by atoms with Gasteiger partial charge in [0.15, 0.2) is 0 Å². The van der Waals surface area contributed by atoms with Gasteiger partial charge in [-0.3, -0.25) is 29.4 Å². The maximum atomic E-state index is 13.0. The summed E-state index contributed by atoms with van der Waals surface area (Å²) >= 11 is 0. The zero-order valence-corrected chi connectivity index (χ0v) is 17.5. The molecule has 1 aromatic carbocycles. The maximum Gasteiger partial charge on any atom is 0.262 e. The van der Waals surface area contributed by atoms with Crippen LogP contribution in [0.3, 0.4) is 0 Å². The molecule has 3 aliphatic heterocycles. The van der Waals surface area contributed by atoms with Crippen LogP contribution in [0.4, 0.5) is 0 Å². The molecule has 31 heavy (non-hydrogen) atoms. The lowest BCUT2D eigenvalue weighted by molar-refractivity contribution is -0.136. The molecule has 3 fully saturated rings. The Labute approximate surface area is 181 Å². The number of fused-ring (bicyclic) bond motifs is 3. The normalized spacial score (nSPS) is 30.4. The predicted molar refractivity (Wildman–Crippen MR) is 112 cm³/mol. The van der Waals surface area contributed by atoms with Gasteiger partial charge in [-0.05, 0) is 61.3 Å². The molecule has 0 radical (unpaired) electrons. The topological polar surface area (TPSA) is 108 Å². The van der Waals surface area contributed by atoms with Crippen molar-refractivity contribution in [1.29, 1.82) is 0 Å². The number of benzene rings is 1. The summed E-state index contributed by atoms with van der Waals surface area (Å²) in [6.07, 6.45) is 5.41. The van der Waals surface area contributed by atoms with Gasteiger partial charge in [-0.1, -0.05) is 12.5 Å². The molecule has 2 bridgehead atoms. The second kappa shape index (κ2) is 7.84. The van der Waals surface area contributed by atoms with Crippen molar-refractivity contribution in [2.75, 3.05) is 19.6 Å². The van der Waals surface area contributed by atoms with Crippen molar-refractivity contribution < 1.29 is 19.2 Å². The van der Waals surface area contributed by atoms with Crippen molar-refractivity contribution in [2.24, 2.45) is 11.3 Å². The molecule has 3 N–H and O–H groups in total. The minimum Gasteiger partial charge on any atom is -0.316 e. The SMILES string of the molecule is O=C1CCC(N2C(=O)c3ccc(CNCC45CCCC(CNC4)C5)cc3C2=O)C(=O)N1. The molecule has 1 aromatic rings. The molecule has 2 saturated heterocycles. The Morgan fingerprint density at radius 2 is 1.94 bits per heavy atom. The van der Waals surface area contributed by atoms with E-state index in [0.717, 1.165) is 36.0 Å². The molecule has 1 aliphatic carbocycles. The molecule has 5 rings (SSSR count). The smallest absolute Gasteiger partial charge is 0.262 e. The highest BCUT2D eigenvalue weighted by Gasteiger charge is 2.44. The zero-order valence-electron chi connectivity index (χ0n) is 17.5. The molecule has 3 atom stereocenters. The van der Waals surface area contributed by atoms with Crippen LogP contribution < -0.4 is 16.0 Å². The molecular formula is C23H28N4O4. The number of piperidine rings is 2. The maximum absolute atomic E-state index is 13.0. The first-order valence-corrected chi connectivity index (χ1v) is 11.2. The number of amides is 4. The Kier molecular flexibility index (Phi) is 5.14. The summed E-state index contributed by atoms with van der Waals surface area (Å²) in [5, 5.41) is 9.37. The monoisotopic (exact) mass is 424 g/mol. The molecule has 8 nitrogen and oxygen atoms in total. The first kappa shape index (κ1) is 20.3. The summed E-state index contributed by atoms with van der Waals surface area (Å²) in [4.78, 5) is 50.4. The Hall–Kier alpha value is -2.58. The number of carbonyl (C=O) groups is 4. The van der Waals surface area contributed by atoms with Crippen LogP contribution in [-0.2, 0) is 16.1 Å². The number of rotatable bonds is 5. The highest BCUT2D eigenvalue weighted by atomic mass is 16.2. The number of nitrogens with one attached hydrogen (secondary N) is 3. The fourth-order valence-electron chi connectivity index (χ4n) is 5.78. The summed E-state index contributed by atoms with van der Waals surface area (Å²) in [7, 11) is 0. The van der Waals surface area contributed by atoms with Gasteiger partial charge in [0, 0.05) is 26.1 Å². The lowest BCUT2D eigenvalue weighted by Gasteiger charge is -2.45. The van der Waals surface area contributed by atoms with E-state index in [9.17, 15) is 19.2 Å². The van der Waals surface area contributed by atoms with Crippen molar-refractivity contribution in [3.05, 3.63) is 34.9 Å². The number of imide groups is 2. The Balaban J connectivity index is 1.26. The third-order valence-corrected chi connectivity index (χ3v) is 7.31. The van der Waals surface area contributed by atoms with Gasteiger partial charge in [0.05, 0.1) is 11.1 Å². The number of carbonyl (C=O) groups excluding carboxylic acids is 4. The highest BCUT2D eigenvalue weighted by Crippen LogP contribution is 2.41. The Morgan fingerprint density at radius 1 is 1.10 bits per heavy atom. The van der Waals surface area contributed by atoms with Gasteiger partial charge in [0.1, 0.15) is 6.04 Å². The van der Waals surface area contributed by atoms with Crippen LogP contribution in [0, 0.1) is 11.3 Å². The van der Waals surface area contributed by atoms with E-state index < -0.39 is 23.8 Å². The number of hydrogen-bond acceptors (Lipinski definition) is 6. The molecule has 4 aliphatic rings. The van der Waals surface area contributed by atoms with E-state index in [2.05, 4.69) is 16.0 Å². The zero-order chi connectivity index (χ0) is 21.6. The molecule has 1 saturated carbocycles. The predicted octanol–water partition coefficient (Wildman–Crippen LogP) is 0.957. The van der Waals surface area contributed by atoms with E-state index in [1.807, 2.05) is 6.07 Å². The van der Waals surface area contributed by atoms with Gasteiger partial charge in [0.2, 0.25) is 11.8 Å². The fraction of sp³-hybridized carbons (Fsp3) is 0.565. The van der Waals surface area contributed by atoms with Gasteiger partial charge >= 0.3 is 0 Å². The van der Waals surface area contributed by atoms with Crippen LogP contribution in [0.2, 0.25) is 0 Å². The van der Waals surface area contributed by atoms with Gasteiger partial charge < -0.3 is 10.6 Å². The van der Waals surface area contributed by atoms with Crippen molar-refractivity contribution >= 4 is 23.6 Å². The first-order valence-electron chi connectivity index (χ1n) is 11.2. The molecule has 164 valence electrons. The van der Waals surface area contributed by atoms with Crippen LogP contribution in [0.1, 0.15) is 64.8 Å². The second-order valence-electron chi connectivity index (χ2n) is 9.52. The van der Waals surface area contributed by atoms with Gasteiger partial charge in [-0.2, -0.15) is 0 Å². The van der Waals surface area contributed by atoms with Crippen LogP contribution in [0.25, 0.3) is 0 Å². The standard InChI is InChI=1S/C23H28N4O4/c28-19-6-5-18(20(29)26-19)27-21(30)16-4-3-14(8-17(16)22(27)31)10-24-12-23-7-1-2-15(9-23)11-25-13-23/h3-4,8,15,18,24-25H,1-2,5-7,9-13H2,(H,26,28,29). The average Bonchev–Trinajstić information content (AvgIpc) is 2.98. The first-order chi connectivity index (χ1) is 15.0. The van der Waals surface area contributed by atoms with Crippen molar-refractivity contribution in [2.45, 2.75) is 51.1 Å². The Bertz CT molecular complexity index is 949. The lowest BCUT2D eigenvalue weighted by atomic mass is 9.67. The van der Waals surface area contributed by atoms with Gasteiger partial charge in [-0.25, -0.2) is 0 Å². The third-order valence-electron chi connectivity index (χ3n) is 7.31. The minimum absolute atomic E-state index is 0.121. The van der Waals surface area contributed by atoms with Crippen molar-refractivity contribution in [3.8, 4) is 0 Å².